The number of aliphatic hydroxyl groups is 1. The minimum absolute atomic E-state index is 0.198. The lowest BCUT2D eigenvalue weighted by molar-refractivity contribution is 0.282. The largest absolute Gasteiger partial charge is 0.395 e. The first-order valence-corrected chi connectivity index (χ1v) is 8.85. The topological polar surface area (TPSA) is 110 Å². The van der Waals surface area contributed by atoms with Gasteiger partial charge in [0.05, 0.1) is 6.61 Å². The van der Waals surface area contributed by atoms with E-state index in [0.29, 0.717) is 0 Å². The molecule has 1 heterocycles. The van der Waals surface area contributed by atoms with Crippen LogP contribution in [0.1, 0.15) is 6.92 Å². The zero-order chi connectivity index (χ0) is 16.4. The van der Waals surface area contributed by atoms with Crippen LogP contribution in [0.25, 0.3) is 0 Å². The maximum absolute atomic E-state index is 12.3. The Labute approximate surface area is 126 Å². The summed E-state index contributed by atoms with van der Waals surface area (Å²) in [7, 11) is -1.51. The molecule has 120 valence electrons. The Morgan fingerprint density at radius 2 is 1.95 bits per heavy atom. The van der Waals surface area contributed by atoms with Crippen molar-refractivity contribution >= 4 is 21.8 Å². The summed E-state index contributed by atoms with van der Waals surface area (Å²) >= 11 is 1.31. The molecule has 0 amide bonds. The van der Waals surface area contributed by atoms with E-state index < -0.39 is 32.2 Å². The first-order valence-electron chi connectivity index (χ1n) is 6.08. The summed E-state index contributed by atoms with van der Waals surface area (Å²) < 4.78 is 28.7. The zero-order valence-electron chi connectivity index (χ0n) is 12.2. The Balaban J connectivity index is 3.27. The molecule has 2 N–H and O–H groups in total. The molecule has 1 aromatic heterocycles. The van der Waals surface area contributed by atoms with Crippen molar-refractivity contribution in [2.24, 2.45) is 14.1 Å². The van der Waals surface area contributed by atoms with Gasteiger partial charge in [0.15, 0.2) is 4.90 Å². The second-order valence-electron chi connectivity index (χ2n) is 4.62. The normalized spacial score (nSPS) is 14.9. The van der Waals surface area contributed by atoms with Gasteiger partial charge in [0.25, 0.3) is 5.56 Å². The van der Waals surface area contributed by atoms with Gasteiger partial charge in [-0.1, -0.05) is 0 Å². The Bertz CT molecular complexity index is 718. The van der Waals surface area contributed by atoms with Crippen molar-refractivity contribution in [1.29, 1.82) is 0 Å². The summed E-state index contributed by atoms with van der Waals surface area (Å²) in [5.74, 6) is 0. The number of sulfonamides is 1. The standard InChI is InChI=1S/C11H19N3O5S2/c1-7(8(6-15)20-4)12-21(18,19)9-5-13(2)11(17)14(3)10(9)16/h5,7-8,12,15H,6H2,1-4H3. The quantitative estimate of drug-likeness (QED) is 0.652. The highest BCUT2D eigenvalue weighted by Crippen LogP contribution is 2.12. The fraction of sp³-hybridized carbons (Fsp3) is 0.636. The van der Waals surface area contributed by atoms with Crippen LogP contribution in [0.15, 0.2) is 20.7 Å². The summed E-state index contributed by atoms with van der Waals surface area (Å²) in [5.41, 5.74) is -1.49. The number of aryl methyl sites for hydroxylation is 1. The van der Waals surface area contributed by atoms with Gasteiger partial charge in [0.1, 0.15) is 0 Å². The number of aliphatic hydroxyl groups excluding tert-OH is 1. The van der Waals surface area contributed by atoms with Crippen molar-refractivity contribution in [3.63, 3.8) is 0 Å². The molecule has 2 unspecified atom stereocenters. The van der Waals surface area contributed by atoms with E-state index in [2.05, 4.69) is 4.72 Å². The highest BCUT2D eigenvalue weighted by Gasteiger charge is 2.26. The number of nitrogens with zero attached hydrogens (tertiary/aromatic N) is 2. The van der Waals surface area contributed by atoms with Crippen LogP contribution in [-0.2, 0) is 24.1 Å². The summed E-state index contributed by atoms with van der Waals surface area (Å²) in [5, 5.41) is 8.84. The molecule has 1 aromatic rings. The Kier molecular flexibility index (Phi) is 5.79. The predicted octanol–water partition coefficient (Wildman–Crippen LogP) is -1.53. The van der Waals surface area contributed by atoms with Crippen LogP contribution in [0.2, 0.25) is 0 Å². The van der Waals surface area contributed by atoms with E-state index in [9.17, 15) is 23.1 Å². The monoisotopic (exact) mass is 337 g/mol. The highest BCUT2D eigenvalue weighted by molar-refractivity contribution is 7.99. The average Bonchev–Trinajstić information content (AvgIpc) is 2.41. The fourth-order valence-electron chi connectivity index (χ4n) is 1.78. The predicted molar refractivity (Wildman–Crippen MR) is 81.1 cm³/mol. The van der Waals surface area contributed by atoms with Crippen molar-refractivity contribution in [3.8, 4) is 0 Å². The maximum atomic E-state index is 12.3. The SMILES string of the molecule is CSC(CO)C(C)NS(=O)(=O)c1cn(C)c(=O)n(C)c1=O. The second-order valence-corrected chi connectivity index (χ2v) is 7.38. The average molecular weight is 337 g/mol. The molecule has 0 saturated heterocycles. The van der Waals surface area contributed by atoms with E-state index in [1.54, 1.807) is 13.2 Å². The van der Waals surface area contributed by atoms with Crippen molar-refractivity contribution in [2.45, 2.75) is 23.1 Å². The molecule has 0 spiro atoms. The highest BCUT2D eigenvalue weighted by atomic mass is 32.2. The molecule has 0 saturated carbocycles. The smallest absolute Gasteiger partial charge is 0.330 e. The number of thioether (sulfide) groups is 1. The van der Waals surface area contributed by atoms with Crippen molar-refractivity contribution < 1.29 is 13.5 Å². The van der Waals surface area contributed by atoms with Crippen LogP contribution in [0.4, 0.5) is 0 Å². The Morgan fingerprint density at radius 1 is 1.38 bits per heavy atom. The Hall–Kier alpha value is -1.10. The number of hydrogen-bond acceptors (Lipinski definition) is 6. The third-order valence-electron chi connectivity index (χ3n) is 3.09. The van der Waals surface area contributed by atoms with E-state index in [4.69, 9.17) is 0 Å². The molecule has 0 aliphatic carbocycles. The van der Waals surface area contributed by atoms with E-state index in [1.165, 1.54) is 25.9 Å². The lowest BCUT2D eigenvalue weighted by Gasteiger charge is -2.21. The molecule has 0 fully saturated rings. The van der Waals surface area contributed by atoms with E-state index in [1.807, 2.05) is 0 Å². The molecule has 1 rings (SSSR count). The number of nitrogens with one attached hydrogen (secondary N) is 1. The molecule has 8 nitrogen and oxygen atoms in total. The summed E-state index contributed by atoms with van der Waals surface area (Å²) in [6.07, 6.45) is 2.74. The van der Waals surface area contributed by atoms with Gasteiger partial charge in [-0.2, -0.15) is 11.8 Å². The van der Waals surface area contributed by atoms with Crippen LogP contribution < -0.4 is 16.0 Å². The summed E-state index contributed by atoms with van der Waals surface area (Å²) in [4.78, 5) is 23.0. The van der Waals surface area contributed by atoms with Crippen molar-refractivity contribution in [3.05, 3.63) is 27.0 Å². The first kappa shape index (κ1) is 18.0. The minimum Gasteiger partial charge on any atom is -0.395 e. The molecule has 0 radical (unpaired) electrons. The molecule has 10 heteroatoms. The molecule has 0 aromatic carbocycles. The van der Waals surface area contributed by atoms with Gasteiger partial charge in [-0.05, 0) is 13.2 Å². The molecule has 0 aliphatic rings. The van der Waals surface area contributed by atoms with Crippen molar-refractivity contribution in [1.82, 2.24) is 13.9 Å². The molecular formula is C11H19N3O5S2. The van der Waals surface area contributed by atoms with Crippen LogP contribution >= 0.6 is 11.8 Å². The van der Waals surface area contributed by atoms with Gasteiger partial charge in [-0.3, -0.25) is 9.36 Å². The van der Waals surface area contributed by atoms with Crippen LogP contribution in [0.3, 0.4) is 0 Å². The summed E-state index contributed by atoms with van der Waals surface area (Å²) in [6.45, 7) is 1.40. The van der Waals surface area contributed by atoms with Crippen LogP contribution in [0, 0.1) is 0 Å². The van der Waals surface area contributed by atoms with Gasteiger partial charge >= 0.3 is 5.69 Å². The zero-order valence-corrected chi connectivity index (χ0v) is 13.9. The van der Waals surface area contributed by atoms with E-state index >= 15 is 0 Å². The third kappa shape index (κ3) is 3.76. The van der Waals surface area contributed by atoms with Crippen molar-refractivity contribution in [2.75, 3.05) is 12.9 Å². The number of rotatable bonds is 6. The number of hydrogen-bond donors (Lipinski definition) is 2. The fourth-order valence-corrected chi connectivity index (χ4v) is 3.94. The van der Waals surface area contributed by atoms with Gasteiger partial charge in [0.2, 0.25) is 10.0 Å². The van der Waals surface area contributed by atoms with Gasteiger partial charge in [0, 0.05) is 31.6 Å². The maximum Gasteiger partial charge on any atom is 0.330 e. The molecule has 21 heavy (non-hydrogen) atoms. The van der Waals surface area contributed by atoms with Crippen LogP contribution in [0.5, 0.6) is 0 Å². The first-order chi connectivity index (χ1) is 9.65. The second kappa shape index (κ2) is 6.77. The van der Waals surface area contributed by atoms with E-state index in [0.717, 1.165) is 15.3 Å². The Morgan fingerprint density at radius 3 is 2.43 bits per heavy atom. The van der Waals surface area contributed by atoms with Gasteiger partial charge in [-0.25, -0.2) is 17.9 Å². The molecule has 2 atom stereocenters. The number of aromatic nitrogens is 2. The third-order valence-corrected chi connectivity index (χ3v) is 5.79. The lowest BCUT2D eigenvalue weighted by Crippen LogP contribution is -2.45. The van der Waals surface area contributed by atoms with Crippen LogP contribution in [-0.4, -0.2) is 46.8 Å². The molecule has 0 aliphatic heterocycles. The van der Waals surface area contributed by atoms with Gasteiger partial charge < -0.3 is 9.67 Å². The minimum atomic E-state index is -4.08. The molecular weight excluding hydrogens is 318 g/mol. The molecule has 0 bridgehead atoms. The van der Waals surface area contributed by atoms with Gasteiger partial charge in [-0.15, -0.1) is 0 Å². The van der Waals surface area contributed by atoms with E-state index in [-0.39, 0.29) is 11.9 Å². The summed E-state index contributed by atoms with van der Waals surface area (Å²) in [6, 6.07) is -0.572. The lowest BCUT2D eigenvalue weighted by atomic mass is 10.3.